The lowest BCUT2D eigenvalue weighted by atomic mass is 10.0. The van der Waals surface area contributed by atoms with Crippen LogP contribution in [0.25, 0.3) is 0 Å². The van der Waals surface area contributed by atoms with E-state index in [1.807, 2.05) is 0 Å². The normalized spacial score (nSPS) is 18.5. The number of aliphatic hydroxyl groups is 2. The molecule has 1 saturated heterocycles. The molecule has 1 aliphatic rings. The van der Waals surface area contributed by atoms with E-state index in [1.54, 1.807) is 0 Å². The SMILES string of the molecule is CCCCc1ccc(OCCCCC[C@H](O)[C@H]2CC[C@H]([C@H](O)CCCCOc3ccc(CCCC)cc3)O2)cc1. The number of unbranched alkanes of at least 4 members (excludes halogenated alkanes) is 5. The zero-order valence-corrected chi connectivity index (χ0v) is 25.1. The molecule has 0 amide bonds. The quantitative estimate of drug-likeness (QED) is 0.154. The average molecular weight is 555 g/mol. The number of aryl methyl sites for hydroxylation is 2. The molecule has 1 aliphatic heterocycles. The molecule has 0 saturated carbocycles. The smallest absolute Gasteiger partial charge is 0.119 e. The molecule has 2 aromatic rings. The fourth-order valence-corrected chi connectivity index (χ4v) is 5.36. The Morgan fingerprint density at radius 2 is 1.05 bits per heavy atom. The van der Waals surface area contributed by atoms with E-state index in [0.29, 0.717) is 19.6 Å². The highest BCUT2D eigenvalue weighted by Gasteiger charge is 2.34. The molecule has 2 N–H and O–H groups in total. The fourth-order valence-electron chi connectivity index (χ4n) is 5.36. The van der Waals surface area contributed by atoms with Gasteiger partial charge in [0.05, 0.1) is 37.6 Å². The Morgan fingerprint density at radius 3 is 1.50 bits per heavy atom. The first-order chi connectivity index (χ1) is 19.6. The second-order valence-corrected chi connectivity index (χ2v) is 11.5. The molecule has 0 aliphatic carbocycles. The molecule has 2 aromatic carbocycles. The number of rotatable bonds is 21. The minimum atomic E-state index is -0.479. The molecule has 40 heavy (non-hydrogen) atoms. The first-order valence-corrected chi connectivity index (χ1v) is 16.0. The summed E-state index contributed by atoms with van der Waals surface area (Å²) in [5.74, 6) is 1.85. The minimum absolute atomic E-state index is 0.161. The molecule has 0 spiro atoms. The van der Waals surface area contributed by atoms with Crippen LogP contribution in [0.1, 0.15) is 108 Å². The van der Waals surface area contributed by atoms with Gasteiger partial charge in [0.15, 0.2) is 0 Å². The number of aliphatic hydroxyl groups excluding tert-OH is 2. The highest BCUT2D eigenvalue weighted by Crippen LogP contribution is 2.28. The van der Waals surface area contributed by atoms with Crippen molar-refractivity contribution in [3.8, 4) is 11.5 Å². The monoisotopic (exact) mass is 554 g/mol. The van der Waals surface area contributed by atoms with Crippen molar-refractivity contribution < 1.29 is 24.4 Å². The molecule has 0 aromatic heterocycles. The topological polar surface area (TPSA) is 68.2 Å². The van der Waals surface area contributed by atoms with Crippen LogP contribution in [-0.4, -0.2) is 47.8 Å². The van der Waals surface area contributed by atoms with Gasteiger partial charge in [-0.05, 0) is 112 Å². The van der Waals surface area contributed by atoms with Gasteiger partial charge in [-0.3, -0.25) is 0 Å². The maximum atomic E-state index is 10.6. The summed E-state index contributed by atoms with van der Waals surface area (Å²) >= 11 is 0. The Kier molecular flexibility index (Phi) is 15.5. The molecule has 5 heteroatoms. The van der Waals surface area contributed by atoms with Gasteiger partial charge in [0.2, 0.25) is 0 Å². The third-order valence-electron chi connectivity index (χ3n) is 8.00. The maximum Gasteiger partial charge on any atom is 0.119 e. The molecule has 1 fully saturated rings. The third-order valence-corrected chi connectivity index (χ3v) is 8.00. The molecule has 0 bridgehead atoms. The van der Waals surface area contributed by atoms with Crippen LogP contribution in [0, 0.1) is 0 Å². The summed E-state index contributed by atoms with van der Waals surface area (Å²) in [7, 11) is 0. The molecule has 224 valence electrons. The Hall–Kier alpha value is -2.08. The Labute approximate surface area is 243 Å². The zero-order valence-electron chi connectivity index (χ0n) is 25.1. The van der Waals surface area contributed by atoms with Gasteiger partial charge in [-0.15, -0.1) is 0 Å². The molecule has 0 unspecified atom stereocenters. The number of hydrogen-bond acceptors (Lipinski definition) is 5. The van der Waals surface area contributed by atoms with Crippen LogP contribution in [0.3, 0.4) is 0 Å². The molecule has 3 rings (SSSR count). The van der Waals surface area contributed by atoms with Crippen LogP contribution in [0.15, 0.2) is 48.5 Å². The molecular formula is C35H54O5. The van der Waals surface area contributed by atoms with Gasteiger partial charge in [0, 0.05) is 0 Å². The van der Waals surface area contributed by atoms with E-state index in [2.05, 4.69) is 62.4 Å². The lowest BCUT2D eigenvalue weighted by Gasteiger charge is -2.22. The number of ether oxygens (including phenoxy) is 3. The first kappa shape index (κ1) is 32.4. The van der Waals surface area contributed by atoms with Crippen molar-refractivity contribution in [3.63, 3.8) is 0 Å². The van der Waals surface area contributed by atoms with Crippen LogP contribution < -0.4 is 9.47 Å². The molecule has 4 atom stereocenters. The van der Waals surface area contributed by atoms with Crippen LogP contribution >= 0.6 is 0 Å². The maximum absolute atomic E-state index is 10.6. The van der Waals surface area contributed by atoms with E-state index in [-0.39, 0.29) is 12.2 Å². The minimum Gasteiger partial charge on any atom is -0.494 e. The molecule has 5 nitrogen and oxygen atoms in total. The van der Waals surface area contributed by atoms with Crippen molar-refractivity contribution in [2.75, 3.05) is 13.2 Å². The van der Waals surface area contributed by atoms with Crippen molar-refractivity contribution in [2.24, 2.45) is 0 Å². The highest BCUT2D eigenvalue weighted by atomic mass is 16.5. The first-order valence-electron chi connectivity index (χ1n) is 16.0. The number of hydrogen-bond donors (Lipinski definition) is 2. The van der Waals surface area contributed by atoms with E-state index < -0.39 is 12.2 Å². The summed E-state index contributed by atoms with van der Waals surface area (Å²) < 4.78 is 17.8. The fraction of sp³-hybridized carbons (Fsp3) is 0.657. The van der Waals surface area contributed by atoms with Crippen LogP contribution in [-0.2, 0) is 17.6 Å². The molecular weight excluding hydrogens is 500 g/mol. The third kappa shape index (κ3) is 12.2. The second-order valence-electron chi connectivity index (χ2n) is 11.5. The van der Waals surface area contributed by atoms with Crippen molar-refractivity contribution in [3.05, 3.63) is 59.7 Å². The Morgan fingerprint density at radius 1 is 0.625 bits per heavy atom. The summed E-state index contributed by atoms with van der Waals surface area (Å²) in [6.45, 7) is 5.79. The molecule has 1 heterocycles. The average Bonchev–Trinajstić information content (AvgIpc) is 3.48. The lowest BCUT2D eigenvalue weighted by molar-refractivity contribution is -0.0786. The predicted molar refractivity (Wildman–Crippen MR) is 163 cm³/mol. The van der Waals surface area contributed by atoms with E-state index >= 15 is 0 Å². The summed E-state index contributed by atoms with van der Waals surface area (Å²) in [6, 6.07) is 16.9. The van der Waals surface area contributed by atoms with Gasteiger partial charge >= 0.3 is 0 Å². The second kappa shape index (κ2) is 19.1. The van der Waals surface area contributed by atoms with E-state index in [1.165, 1.54) is 36.8 Å². The van der Waals surface area contributed by atoms with Gasteiger partial charge in [0.25, 0.3) is 0 Å². The predicted octanol–water partition coefficient (Wildman–Crippen LogP) is 7.83. The summed E-state index contributed by atoms with van der Waals surface area (Å²) in [5, 5.41) is 21.3. The van der Waals surface area contributed by atoms with Gasteiger partial charge in [-0.25, -0.2) is 0 Å². The van der Waals surface area contributed by atoms with Crippen LogP contribution in [0.2, 0.25) is 0 Å². The van der Waals surface area contributed by atoms with Gasteiger partial charge in [0.1, 0.15) is 11.5 Å². The molecule has 0 radical (unpaired) electrons. The van der Waals surface area contributed by atoms with Crippen molar-refractivity contribution in [1.82, 2.24) is 0 Å². The Bertz CT molecular complexity index is 897. The van der Waals surface area contributed by atoms with Crippen LogP contribution in [0.4, 0.5) is 0 Å². The van der Waals surface area contributed by atoms with Gasteiger partial charge in [-0.1, -0.05) is 57.4 Å². The van der Waals surface area contributed by atoms with Crippen molar-refractivity contribution >= 4 is 0 Å². The summed E-state index contributed by atoms with van der Waals surface area (Å²) in [6.07, 6.45) is 13.7. The van der Waals surface area contributed by atoms with Crippen LogP contribution in [0.5, 0.6) is 11.5 Å². The lowest BCUT2D eigenvalue weighted by Crippen LogP contribution is -2.31. The van der Waals surface area contributed by atoms with Crippen molar-refractivity contribution in [2.45, 2.75) is 135 Å². The highest BCUT2D eigenvalue weighted by molar-refractivity contribution is 5.28. The van der Waals surface area contributed by atoms with E-state index in [0.717, 1.165) is 75.7 Å². The zero-order chi connectivity index (χ0) is 28.4. The van der Waals surface area contributed by atoms with Crippen molar-refractivity contribution in [1.29, 1.82) is 0 Å². The number of benzene rings is 2. The Balaban J connectivity index is 1.19. The summed E-state index contributed by atoms with van der Waals surface area (Å²) in [5.41, 5.74) is 2.73. The van der Waals surface area contributed by atoms with E-state index in [9.17, 15) is 10.2 Å². The summed E-state index contributed by atoms with van der Waals surface area (Å²) in [4.78, 5) is 0. The standard InChI is InChI=1S/C35H54O5/c1-3-5-12-28-16-20-30(21-17-28)38-26-10-7-8-14-32(36)34-24-25-35(40-34)33(37)15-9-11-27-39-31-22-18-29(19-23-31)13-6-4-2/h16-23,32-37H,3-15,24-27H2,1-2H3/t32-,33+,34+,35+/m0/s1. The van der Waals surface area contributed by atoms with E-state index in [4.69, 9.17) is 14.2 Å². The van der Waals surface area contributed by atoms with Gasteiger partial charge < -0.3 is 24.4 Å². The van der Waals surface area contributed by atoms with Gasteiger partial charge in [-0.2, -0.15) is 0 Å². The largest absolute Gasteiger partial charge is 0.494 e.